The van der Waals surface area contributed by atoms with Gasteiger partial charge in [0.1, 0.15) is 18.2 Å². The number of nitrogens with two attached hydrogens (primary N) is 1. The van der Waals surface area contributed by atoms with Crippen LogP contribution in [0.5, 0.6) is 5.75 Å². The minimum atomic E-state index is -0.546. The first-order chi connectivity index (χ1) is 19.9. The van der Waals surface area contributed by atoms with Gasteiger partial charge < -0.3 is 10.5 Å². The van der Waals surface area contributed by atoms with Gasteiger partial charge in [-0.2, -0.15) is 5.26 Å². The van der Waals surface area contributed by atoms with Gasteiger partial charge in [-0.05, 0) is 97.2 Å². The summed E-state index contributed by atoms with van der Waals surface area (Å²) in [6, 6.07) is 20.4. The van der Waals surface area contributed by atoms with E-state index in [1.807, 2.05) is 56.0 Å². The van der Waals surface area contributed by atoms with Gasteiger partial charge in [0, 0.05) is 28.4 Å². The van der Waals surface area contributed by atoms with E-state index >= 15 is 0 Å². The second kappa shape index (κ2) is 11.3. The number of rotatable bonds is 6. The molecule has 6 heteroatoms. The molecule has 0 amide bonds. The van der Waals surface area contributed by atoms with Crippen molar-refractivity contribution in [1.29, 1.82) is 5.26 Å². The molecular weight excluding hydrogens is 542 g/mol. The lowest BCUT2D eigenvalue weighted by Crippen LogP contribution is -2.42. The standard InChI is InChI=1S/C36H38ClN3O2/c1-7-24-8-11-27(12-9-24)40-30-17-36(5,6)18-31(41)34(30)33(29(19-38)35(40)39)28-15-21(2)14-25(23(28)4)20-42-32-13-10-26(37)16-22(32)3/h8-16,33H,7,17-18,20,39H2,1-6H3. The molecule has 3 aromatic rings. The van der Waals surface area contributed by atoms with Crippen LogP contribution in [0.25, 0.3) is 0 Å². The number of nitriles is 1. The number of aryl methyl sites for hydroxylation is 3. The van der Waals surface area contributed by atoms with Crippen molar-refractivity contribution in [3.63, 3.8) is 0 Å². The molecule has 1 heterocycles. The number of ether oxygens (including phenoxy) is 1. The number of carbonyl (C=O) groups is 1. The fraction of sp³-hybridized carbons (Fsp3) is 0.333. The topological polar surface area (TPSA) is 79.3 Å². The van der Waals surface area contributed by atoms with Crippen LogP contribution in [0.1, 0.15) is 72.9 Å². The van der Waals surface area contributed by atoms with Crippen LogP contribution in [-0.2, 0) is 17.8 Å². The summed E-state index contributed by atoms with van der Waals surface area (Å²) >= 11 is 6.14. The van der Waals surface area contributed by atoms with Crippen molar-refractivity contribution in [3.8, 4) is 11.8 Å². The molecule has 42 heavy (non-hydrogen) atoms. The number of Topliss-reactive ketones (excluding diaryl/α,β-unsaturated/α-hetero) is 1. The lowest BCUT2D eigenvalue weighted by Gasteiger charge is -2.44. The summed E-state index contributed by atoms with van der Waals surface area (Å²) < 4.78 is 6.23. The van der Waals surface area contributed by atoms with E-state index in [-0.39, 0.29) is 11.2 Å². The summed E-state index contributed by atoms with van der Waals surface area (Å²) in [5, 5.41) is 11.2. The Bertz CT molecular complexity index is 1670. The zero-order valence-electron chi connectivity index (χ0n) is 25.3. The van der Waals surface area contributed by atoms with E-state index in [1.54, 1.807) is 0 Å². The summed E-state index contributed by atoms with van der Waals surface area (Å²) in [6.07, 6.45) is 2.02. The molecule has 0 bridgehead atoms. The maximum Gasteiger partial charge on any atom is 0.162 e. The predicted octanol–water partition coefficient (Wildman–Crippen LogP) is 8.35. The van der Waals surface area contributed by atoms with Gasteiger partial charge in [0.25, 0.3) is 0 Å². The molecule has 216 valence electrons. The molecule has 0 fully saturated rings. The fourth-order valence-electron chi connectivity index (χ4n) is 6.34. The van der Waals surface area contributed by atoms with E-state index in [9.17, 15) is 10.1 Å². The van der Waals surface area contributed by atoms with E-state index in [0.29, 0.717) is 41.4 Å². The smallest absolute Gasteiger partial charge is 0.162 e. The molecule has 2 aliphatic rings. The van der Waals surface area contributed by atoms with Crippen LogP contribution in [0.15, 0.2) is 77.3 Å². The number of halogens is 1. The van der Waals surface area contributed by atoms with Crippen molar-refractivity contribution in [3.05, 3.63) is 116 Å². The molecule has 5 nitrogen and oxygen atoms in total. The molecule has 0 saturated carbocycles. The van der Waals surface area contributed by atoms with Crippen molar-refractivity contribution in [2.75, 3.05) is 4.90 Å². The Morgan fingerprint density at radius 1 is 1.07 bits per heavy atom. The van der Waals surface area contributed by atoms with Crippen LogP contribution in [0.3, 0.4) is 0 Å². The Labute approximate surface area is 254 Å². The lowest BCUT2D eigenvalue weighted by atomic mass is 9.68. The van der Waals surface area contributed by atoms with Crippen LogP contribution in [0, 0.1) is 37.5 Å². The van der Waals surface area contributed by atoms with Gasteiger partial charge in [-0.15, -0.1) is 0 Å². The monoisotopic (exact) mass is 579 g/mol. The third-order valence-corrected chi connectivity index (χ3v) is 8.75. The first-order valence-electron chi connectivity index (χ1n) is 14.5. The zero-order valence-corrected chi connectivity index (χ0v) is 26.0. The highest BCUT2D eigenvalue weighted by molar-refractivity contribution is 6.30. The minimum Gasteiger partial charge on any atom is -0.489 e. The molecule has 5 rings (SSSR count). The highest BCUT2D eigenvalue weighted by atomic mass is 35.5. The van der Waals surface area contributed by atoms with E-state index in [4.69, 9.17) is 22.1 Å². The van der Waals surface area contributed by atoms with Crippen LogP contribution in [-0.4, -0.2) is 5.78 Å². The van der Waals surface area contributed by atoms with Gasteiger partial charge in [-0.3, -0.25) is 9.69 Å². The molecule has 0 spiro atoms. The Morgan fingerprint density at radius 3 is 2.43 bits per heavy atom. The average molecular weight is 580 g/mol. The predicted molar refractivity (Wildman–Crippen MR) is 169 cm³/mol. The molecule has 1 unspecified atom stereocenters. The molecule has 0 saturated heterocycles. The SMILES string of the molecule is CCc1ccc(N2C(N)=C(C#N)C(c3cc(C)cc(COc4ccc(Cl)cc4C)c3C)C3=C2CC(C)(C)CC3=O)cc1. The number of benzene rings is 3. The Kier molecular flexibility index (Phi) is 7.96. The number of ketones is 1. The molecular formula is C36H38ClN3O2. The average Bonchev–Trinajstić information content (AvgIpc) is 2.93. The summed E-state index contributed by atoms with van der Waals surface area (Å²) in [6.45, 7) is 12.7. The molecule has 0 radical (unpaired) electrons. The van der Waals surface area contributed by atoms with Crippen LogP contribution >= 0.6 is 11.6 Å². The first-order valence-corrected chi connectivity index (χ1v) is 14.9. The second-order valence-electron chi connectivity index (χ2n) is 12.3. The van der Waals surface area contributed by atoms with E-state index in [2.05, 4.69) is 51.1 Å². The molecule has 0 aromatic heterocycles. The molecule has 1 aliphatic heterocycles. The third kappa shape index (κ3) is 5.44. The Morgan fingerprint density at radius 2 is 1.79 bits per heavy atom. The number of hydrogen-bond acceptors (Lipinski definition) is 5. The maximum absolute atomic E-state index is 14.0. The van der Waals surface area contributed by atoms with Crippen molar-refractivity contribution < 1.29 is 9.53 Å². The maximum atomic E-state index is 14.0. The van der Waals surface area contributed by atoms with Gasteiger partial charge in [0.05, 0.1) is 17.6 Å². The van der Waals surface area contributed by atoms with Crippen molar-refractivity contribution in [1.82, 2.24) is 0 Å². The number of anilines is 1. The number of carbonyl (C=O) groups excluding carboxylic acids is 1. The normalized spacial score (nSPS) is 18.2. The lowest BCUT2D eigenvalue weighted by molar-refractivity contribution is -0.118. The summed E-state index contributed by atoms with van der Waals surface area (Å²) in [5.41, 5.74) is 15.6. The number of nitrogens with zero attached hydrogens (tertiary/aromatic N) is 2. The van der Waals surface area contributed by atoms with Crippen LogP contribution in [0.2, 0.25) is 5.02 Å². The van der Waals surface area contributed by atoms with Crippen LogP contribution in [0.4, 0.5) is 5.69 Å². The summed E-state index contributed by atoms with van der Waals surface area (Å²) in [7, 11) is 0. The van der Waals surface area contributed by atoms with E-state index < -0.39 is 5.92 Å². The summed E-state index contributed by atoms with van der Waals surface area (Å²) in [4.78, 5) is 16.0. The Hall–Kier alpha value is -4.01. The molecule has 2 N–H and O–H groups in total. The van der Waals surface area contributed by atoms with Gasteiger partial charge >= 0.3 is 0 Å². The minimum absolute atomic E-state index is 0.0668. The van der Waals surface area contributed by atoms with Gasteiger partial charge in [0.15, 0.2) is 5.78 Å². The van der Waals surface area contributed by atoms with Crippen molar-refractivity contribution in [2.45, 2.75) is 73.3 Å². The van der Waals surface area contributed by atoms with E-state index in [1.165, 1.54) is 5.56 Å². The fourth-order valence-corrected chi connectivity index (χ4v) is 6.57. The van der Waals surface area contributed by atoms with Crippen molar-refractivity contribution >= 4 is 23.1 Å². The number of hydrogen-bond donors (Lipinski definition) is 1. The van der Waals surface area contributed by atoms with Crippen molar-refractivity contribution in [2.24, 2.45) is 11.1 Å². The highest BCUT2D eigenvalue weighted by Crippen LogP contribution is 2.51. The van der Waals surface area contributed by atoms with Crippen LogP contribution < -0.4 is 15.4 Å². The molecule has 3 aromatic carbocycles. The quantitative estimate of drug-likeness (QED) is 0.317. The molecule has 1 atom stereocenters. The van der Waals surface area contributed by atoms with E-state index in [0.717, 1.165) is 51.4 Å². The number of allylic oxidation sites excluding steroid dienone is 3. The van der Waals surface area contributed by atoms with Gasteiger partial charge in [-0.25, -0.2) is 0 Å². The largest absolute Gasteiger partial charge is 0.489 e. The third-order valence-electron chi connectivity index (χ3n) is 8.51. The van der Waals surface area contributed by atoms with Gasteiger partial charge in [0.2, 0.25) is 0 Å². The van der Waals surface area contributed by atoms with Gasteiger partial charge in [-0.1, -0.05) is 62.2 Å². The Balaban J connectivity index is 1.65. The first kappa shape index (κ1) is 29.5. The highest BCUT2D eigenvalue weighted by Gasteiger charge is 2.45. The second-order valence-corrected chi connectivity index (χ2v) is 12.8. The molecule has 1 aliphatic carbocycles. The zero-order chi connectivity index (χ0) is 30.3. The summed E-state index contributed by atoms with van der Waals surface area (Å²) in [5.74, 6) is 0.667.